The maximum Gasteiger partial charge on any atom is 0.328 e. The summed E-state index contributed by atoms with van der Waals surface area (Å²) in [7, 11) is -0.545. The second-order valence-corrected chi connectivity index (χ2v) is 5.96. The largest absolute Gasteiger partial charge is 0.328 e. The van der Waals surface area contributed by atoms with Crippen LogP contribution in [0.1, 0.15) is 13.8 Å². The van der Waals surface area contributed by atoms with Gasteiger partial charge in [-0.25, -0.2) is 0 Å². The Kier molecular flexibility index (Phi) is 2.62. The van der Waals surface area contributed by atoms with E-state index in [1.165, 1.54) is 10.8 Å². The van der Waals surface area contributed by atoms with Gasteiger partial charge in [0.05, 0.1) is 24.0 Å². The smallest absolute Gasteiger partial charge is 0.267 e. The molecule has 0 aromatic rings. The summed E-state index contributed by atoms with van der Waals surface area (Å²) in [5.41, 5.74) is 0. The van der Waals surface area contributed by atoms with Crippen LogP contribution in [0.5, 0.6) is 0 Å². The van der Waals surface area contributed by atoms with Crippen LogP contribution < -0.4 is 0 Å². The SMILES string of the molecule is CCOS1(OCC)SC1=O. The molecule has 1 aliphatic rings. The van der Waals surface area contributed by atoms with Crippen molar-refractivity contribution in [3.8, 4) is 0 Å². The average molecular weight is 182 g/mol. The van der Waals surface area contributed by atoms with Crippen LogP contribution in [0, 0.1) is 0 Å². The third kappa shape index (κ3) is 1.47. The minimum atomic E-state index is -1.73. The van der Waals surface area contributed by atoms with E-state index in [2.05, 4.69) is 0 Å². The van der Waals surface area contributed by atoms with Crippen LogP contribution in [0.3, 0.4) is 0 Å². The predicted octanol–water partition coefficient (Wildman–Crippen LogP) is 2.48. The molecule has 60 valence electrons. The Labute approximate surface area is 65.6 Å². The fourth-order valence-electron chi connectivity index (χ4n) is 0.561. The van der Waals surface area contributed by atoms with Gasteiger partial charge in [-0.2, -0.15) is 0 Å². The maximum absolute atomic E-state index is 10.7. The van der Waals surface area contributed by atoms with Gasteiger partial charge in [-0.3, -0.25) is 13.2 Å². The Morgan fingerprint density at radius 1 is 1.40 bits per heavy atom. The molecule has 1 fully saturated rings. The quantitative estimate of drug-likeness (QED) is 0.494. The molecule has 1 aliphatic heterocycles. The summed E-state index contributed by atoms with van der Waals surface area (Å²) in [6.45, 7) is 4.82. The van der Waals surface area contributed by atoms with Crippen molar-refractivity contribution in [2.24, 2.45) is 0 Å². The van der Waals surface area contributed by atoms with Crippen LogP contribution in [-0.4, -0.2) is 17.7 Å². The molecule has 1 heterocycles. The molecule has 0 aromatic carbocycles. The second kappa shape index (κ2) is 3.13. The Hall–Kier alpha value is 0.290. The van der Waals surface area contributed by atoms with Gasteiger partial charge >= 0.3 is 4.45 Å². The molecule has 0 saturated carbocycles. The van der Waals surface area contributed by atoms with Gasteiger partial charge in [-0.1, -0.05) is 9.62 Å². The van der Waals surface area contributed by atoms with E-state index in [1.807, 2.05) is 13.8 Å². The average Bonchev–Trinajstić information content (AvgIpc) is 2.44. The minimum Gasteiger partial charge on any atom is -0.267 e. The van der Waals surface area contributed by atoms with Gasteiger partial charge in [0.15, 0.2) is 0 Å². The van der Waals surface area contributed by atoms with Gasteiger partial charge in [-0.15, -0.1) is 0 Å². The van der Waals surface area contributed by atoms with Crippen LogP contribution in [0.15, 0.2) is 0 Å². The molecule has 5 heteroatoms. The van der Waals surface area contributed by atoms with Gasteiger partial charge < -0.3 is 0 Å². The molecular formula is C5H10O3S2. The summed E-state index contributed by atoms with van der Waals surface area (Å²) in [6, 6.07) is 0. The van der Waals surface area contributed by atoms with Gasteiger partial charge in [0.25, 0.3) is 0 Å². The molecule has 10 heavy (non-hydrogen) atoms. The minimum absolute atomic E-state index is 0.0659. The van der Waals surface area contributed by atoms with Crippen molar-refractivity contribution >= 4 is 24.9 Å². The van der Waals surface area contributed by atoms with Crippen LogP contribution in [0.4, 0.5) is 4.79 Å². The Morgan fingerprint density at radius 3 is 2.00 bits per heavy atom. The third-order valence-corrected chi connectivity index (χ3v) is 5.01. The summed E-state index contributed by atoms with van der Waals surface area (Å²) in [5, 5.41) is 0. The van der Waals surface area contributed by atoms with Gasteiger partial charge in [0.2, 0.25) is 0 Å². The molecular weight excluding hydrogens is 172 g/mol. The molecule has 0 bridgehead atoms. The van der Waals surface area contributed by atoms with Crippen molar-refractivity contribution in [3.63, 3.8) is 0 Å². The van der Waals surface area contributed by atoms with Gasteiger partial charge in [0, 0.05) is 0 Å². The maximum atomic E-state index is 10.7. The predicted molar refractivity (Wildman–Crippen MR) is 43.8 cm³/mol. The van der Waals surface area contributed by atoms with Gasteiger partial charge in [0.1, 0.15) is 0 Å². The van der Waals surface area contributed by atoms with Crippen molar-refractivity contribution in [1.29, 1.82) is 0 Å². The zero-order chi connectivity index (χ0) is 7.61. The topological polar surface area (TPSA) is 35.5 Å². The van der Waals surface area contributed by atoms with Gasteiger partial charge in [-0.05, 0) is 13.8 Å². The summed E-state index contributed by atoms with van der Waals surface area (Å²) in [5.74, 6) is 0. The third-order valence-electron chi connectivity index (χ3n) is 0.902. The molecule has 0 aliphatic carbocycles. The first-order chi connectivity index (χ1) is 4.75. The van der Waals surface area contributed by atoms with Crippen LogP contribution in [0.25, 0.3) is 0 Å². The fraction of sp³-hybridized carbons (Fsp3) is 0.800. The van der Waals surface area contributed by atoms with Crippen LogP contribution >= 0.6 is 20.4 Å². The highest BCUT2D eigenvalue weighted by Gasteiger charge is 2.50. The van der Waals surface area contributed by atoms with E-state index < -0.39 is 9.62 Å². The zero-order valence-electron chi connectivity index (χ0n) is 5.96. The molecule has 0 N–H and O–H groups in total. The second-order valence-electron chi connectivity index (χ2n) is 1.60. The van der Waals surface area contributed by atoms with Crippen molar-refractivity contribution in [2.45, 2.75) is 13.8 Å². The molecule has 0 amide bonds. The highest BCUT2D eigenvalue weighted by molar-refractivity contribution is 9.21. The number of carbonyl (C=O) groups excluding carboxylic acids is 1. The highest BCUT2D eigenvalue weighted by Crippen LogP contribution is 2.81. The Bertz CT molecular complexity index is 142. The summed E-state index contributed by atoms with van der Waals surface area (Å²) in [4.78, 5) is 10.7. The summed E-state index contributed by atoms with van der Waals surface area (Å²) >= 11 is 0. The van der Waals surface area contributed by atoms with E-state index in [0.29, 0.717) is 13.2 Å². The van der Waals surface area contributed by atoms with Crippen molar-refractivity contribution < 1.29 is 13.2 Å². The van der Waals surface area contributed by atoms with E-state index in [1.54, 1.807) is 0 Å². The Balaban J connectivity index is 2.38. The van der Waals surface area contributed by atoms with E-state index in [-0.39, 0.29) is 4.45 Å². The monoisotopic (exact) mass is 182 g/mol. The van der Waals surface area contributed by atoms with Crippen LogP contribution in [-0.2, 0) is 8.37 Å². The van der Waals surface area contributed by atoms with E-state index in [9.17, 15) is 4.79 Å². The zero-order valence-corrected chi connectivity index (χ0v) is 7.59. The van der Waals surface area contributed by atoms with E-state index >= 15 is 0 Å². The molecule has 1 rings (SSSR count). The van der Waals surface area contributed by atoms with E-state index in [0.717, 1.165) is 0 Å². The van der Waals surface area contributed by atoms with Crippen molar-refractivity contribution in [1.82, 2.24) is 0 Å². The molecule has 3 nitrogen and oxygen atoms in total. The first-order valence-electron chi connectivity index (χ1n) is 3.10. The Morgan fingerprint density at radius 2 is 1.80 bits per heavy atom. The number of hydrogen-bond donors (Lipinski definition) is 0. The number of carbonyl (C=O) groups is 1. The van der Waals surface area contributed by atoms with Crippen LogP contribution in [0.2, 0.25) is 0 Å². The molecule has 0 aromatic heterocycles. The summed E-state index contributed by atoms with van der Waals surface area (Å²) < 4.78 is 10.4. The first kappa shape index (κ1) is 8.39. The number of rotatable bonds is 4. The first-order valence-corrected chi connectivity index (χ1v) is 5.92. The molecule has 0 unspecified atom stereocenters. The fourth-order valence-corrected chi connectivity index (χ4v) is 3.77. The summed E-state index contributed by atoms with van der Waals surface area (Å²) in [6.07, 6.45) is 0. The lowest BCUT2D eigenvalue weighted by molar-refractivity contribution is 0.263. The normalized spacial score (nSPS) is 24.4. The van der Waals surface area contributed by atoms with E-state index in [4.69, 9.17) is 8.37 Å². The molecule has 1 saturated heterocycles. The highest BCUT2D eigenvalue weighted by atomic mass is 33.2. The molecule has 0 spiro atoms. The molecule has 0 atom stereocenters. The standard InChI is InChI=1S/C5H10O3S2/c1-3-7-10(8-4-2)5(6)9-10/h3-4H2,1-2H3. The molecule has 0 radical (unpaired) electrons. The van der Waals surface area contributed by atoms with Crippen molar-refractivity contribution in [2.75, 3.05) is 13.2 Å². The lowest BCUT2D eigenvalue weighted by Crippen LogP contribution is -1.94. The lowest BCUT2D eigenvalue weighted by atomic mass is 10.9. The van der Waals surface area contributed by atoms with Crippen molar-refractivity contribution in [3.05, 3.63) is 0 Å². The lowest BCUT2D eigenvalue weighted by Gasteiger charge is -2.17. The number of hydrogen-bond acceptors (Lipinski definition) is 4.